The number of hydrogen-bond acceptors (Lipinski definition) is 4. The summed E-state index contributed by atoms with van der Waals surface area (Å²) in [6, 6.07) is 14.2. The zero-order valence-corrected chi connectivity index (χ0v) is 13.6. The number of aromatic nitrogens is 1. The van der Waals surface area contributed by atoms with Gasteiger partial charge in [0.05, 0.1) is 18.2 Å². The third kappa shape index (κ3) is 3.12. The molecule has 0 amide bonds. The Hall–Kier alpha value is -2.79. The van der Waals surface area contributed by atoms with Crippen LogP contribution in [0.25, 0.3) is 22.0 Å². The molecule has 0 radical (unpaired) electrons. The predicted octanol–water partition coefficient (Wildman–Crippen LogP) is 3.40. The SMILES string of the molecule is COC(=O)COc1c(-c2ccccc2)c(=O)[nH]c2cc(Cl)ccc12. The minimum Gasteiger partial charge on any atom is -0.480 e. The number of halogens is 1. The summed E-state index contributed by atoms with van der Waals surface area (Å²) in [6.45, 7) is -0.294. The normalized spacial score (nSPS) is 10.6. The molecular weight excluding hydrogens is 330 g/mol. The summed E-state index contributed by atoms with van der Waals surface area (Å²) >= 11 is 5.99. The molecule has 0 saturated carbocycles. The maximum atomic E-state index is 12.6. The van der Waals surface area contributed by atoms with E-state index in [-0.39, 0.29) is 12.2 Å². The van der Waals surface area contributed by atoms with Crippen LogP contribution in [0.4, 0.5) is 0 Å². The van der Waals surface area contributed by atoms with Crippen LogP contribution in [0.1, 0.15) is 0 Å². The zero-order valence-electron chi connectivity index (χ0n) is 12.8. The third-order valence-corrected chi connectivity index (χ3v) is 3.79. The van der Waals surface area contributed by atoms with Crippen molar-refractivity contribution in [3.05, 3.63) is 63.9 Å². The number of benzene rings is 2. The van der Waals surface area contributed by atoms with E-state index in [1.165, 1.54) is 7.11 Å². The number of pyridine rings is 1. The van der Waals surface area contributed by atoms with Gasteiger partial charge in [0.25, 0.3) is 5.56 Å². The van der Waals surface area contributed by atoms with E-state index in [0.29, 0.717) is 32.8 Å². The molecule has 0 unspecified atom stereocenters. The maximum Gasteiger partial charge on any atom is 0.343 e. The Bertz CT molecular complexity index is 950. The van der Waals surface area contributed by atoms with Crippen LogP contribution >= 0.6 is 11.6 Å². The van der Waals surface area contributed by atoms with Gasteiger partial charge in [-0.25, -0.2) is 4.79 Å². The Balaban J connectivity index is 2.25. The van der Waals surface area contributed by atoms with Gasteiger partial charge >= 0.3 is 5.97 Å². The molecule has 6 heteroatoms. The number of hydrogen-bond donors (Lipinski definition) is 1. The topological polar surface area (TPSA) is 68.4 Å². The van der Waals surface area contributed by atoms with Crippen molar-refractivity contribution in [1.29, 1.82) is 0 Å². The predicted molar refractivity (Wildman–Crippen MR) is 92.5 cm³/mol. The summed E-state index contributed by atoms with van der Waals surface area (Å²) in [7, 11) is 1.28. The van der Waals surface area contributed by atoms with E-state index >= 15 is 0 Å². The number of carbonyl (C=O) groups is 1. The zero-order chi connectivity index (χ0) is 17.1. The van der Waals surface area contributed by atoms with Crippen molar-refractivity contribution in [2.24, 2.45) is 0 Å². The van der Waals surface area contributed by atoms with Crippen LogP contribution in [-0.2, 0) is 9.53 Å². The molecule has 0 atom stereocenters. The van der Waals surface area contributed by atoms with Crippen LogP contribution < -0.4 is 10.3 Å². The highest BCUT2D eigenvalue weighted by atomic mass is 35.5. The number of nitrogens with one attached hydrogen (secondary N) is 1. The molecule has 122 valence electrons. The molecule has 0 aliphatic carbocycles. The Kier molecular flexibility index (Phi) is 4.53. The average molecular weight is 344 g/mol. The lowest BCUT2D eigenvalue weighted by molar-refractivity contribution is -0.142. The Morgan fingerprint density at radius 3 is 2.62 bits per heavy atom. The Labute approximate surface area is 142 Å². The van der Waals surface area contributed by atoms with Gasteiger partial charge in [-0.2, -0.15) is 0 Å². The van der Waals surface area contributed by atoms with E-state index in [9.17, 15) is 9.59 Å². The number of aromatic amines is 1. The lowest BCUT2D eigenvalue weighted by Gasteiger charge is -2.13. The van der Waals surface area contributed by atoms with Crippen LogP contribution in [0, 0.1) is 0 Å². The van der Waals surface area contributed by atoms with Crippen molar-refractivity contribution in [1.82, 2.24) is 4.98 Å². The smallest absolute Gasteiger partial charge is 0.343 e. The molecule has 3 rings (SSSR count). The number of carbonyl (C=O) groups excluding carboxylic acids is 1. The van der Waals surface area contributed by atoms with Crippen molar-refractivity contribution in [2.45, 2.75) is 0 Å². The summed E-state index contributed by atoms with van der Waals surface area (Å²) in [5, 5.41) is 1.14. The second-order valence-corrected chi connectivity index (χ2v) is 5.52. The summed E-state index contributed by atoms with van der Waals surface area (Å²) in [5.41, 5.74) is 1.26. The number of rotatable bonds is 4. The van der Waals surface area contributed by atoms with Crippen molar-refractivity contribution in [3.8, 4) is 16.9 Å². The monoisotopic (exact) mass is 343 g/mol. The fourth-order valence-corrected chi connectivity index (χ4v) is 2.62. The van der Waals surface area contributed by atoms with Gasteiger partial charge in [-0.1, -0.05) is 41.9 Å². The van der Waals surface area contributed by atoms with Gasteiger partial charge in [0.15, 0.2) is 6.61 Å². The lowest BCUT2D eigenvalue weighted by atomic mass is 10.0. The summed E-state index contributed by atoms with van der Waals surface area (Å²) in [6.07, 6.45) is 0. The number of H-pyrrole nitrogens is 1. The Morgan fingerprint density at radius 2 is 1.92 bits per heavy atom. The van der Waals surface area contributed by atoms with Crippen LogP contribution in [0.15, 0.2) is 53.3 Å². The van der Waals surface area contributed by atoms with Crippen LogP contribution in [0.5, 0.6) is 5.75 Å². The van der Waals surface area contributed by atoms with Crippen LogP contribution in [0.3, 0.4) is 0 Å². The molecule has 0 spiro atoms. The maximum absolute atomic E-state index is 12.6. The second-order valence-electron chi connectivity index (χ2n) is 5.08. The van der Waals surface area contributed by atoms with Crippen LogP contribution in [-0.4, -0.2) is 24.7 Å². The molecule has 1 heterocycles. The van der Waals surface area contributed by atoms with E-state index in [1.54, 1.807) is 30.3 Å². The molecule has 1 N–H and O–H groups in total. The molecule has 24 heavy (non-hydrogen) atoms. The van der Waals surface area contributed by atoms with Gasteiger partial charge in [0, 0.05) is 10.4 Å². The van der Waals surface area contributed by atoms with Crippen molar-refractivity contribution in [3.63, 3.8) is 0 Å². The fourth-order valence-electron chi connectivity index (χ4n) is 2.45. The molecule has 5 nitrogen and oxygen atoms in total. The molecule has 0 aliphatic heterocycles. The quantitative estimate of drug-likeness (QED) is 0.737. The number of esters is 1. The van der Waals surface area contributed by atoms with Gasteiger partial charge in [-0.3, -0.25) is 4.79 Å². The van der Waals surface area contributed by atoms with E-state index in [1.807, 2.05) is 18.2 Å². The van der Waals surface area contributed by atoms with Crippen molar-refractivity contribution < 1.29 is 14.3 Å². The van der Waals surface area contributed by atoms with Gasteiger partial charge < -0.3 is 14.5 Å². The van der Waals surface area contributed by atoms with Crippen molar-refractivity contribution >= 4 is 28.5 Å². The van der Waals surface area contributed by atoms with Crippen LogP contribution in [0.2, 0.25) is 5.02 Å². The summed E-state index contributed by atoms with van der Waals surface area (Å²) in [4.78, 5) is 26.8. The molecular formula is C18H14ClNO4. The highest BCUT2D eigenvalue weighted by Crippen LogP contribution is 2.34. The molecule has 0 fully saturated rings. The standard InChI is InChI=1S/C18H14ClNO4/c1-23-15(21)10-24-17-13-8-7-12(19)9-14(13)20-18(22)16(17)11-5-3-2-4-6-11/h2-9H,10H2,1H3,(H,20,22). The first-order chi connectivity index (χ1) is 11.6. The van der Waals surface area contributed by atoms with E-state index in [0.717, 1.165) is 0 Å². The average Bonchev–Trinajstić information content (AvgIpc) is 2.59. The molecule has 1 aromatic heterocycles. The molecule has 3 aromatic rings. The van der Waals surface area contributed by atoms with Gasteiger partial charge in [-0.05, 0) is 23.8 Å². The molecule has 0 saturated heterocycles. The first-order valence-electron chi connectivity index (χ1n) is 7.20. The highest BCUT2D eigenvalue weighted by molar-refractivity contribution is 6.31. The molecule has 0 aliphatic rings. The Morgan fingerprint density at radius 1 is 1.17 bits per heavy atom. The second kappa shape index (κ2) is 6.76. The number of methoxy groups -OCH3 is 1. The van der Waals surface area contributed by atoms with Gasteiger partial charge in [-0.15, -0.1) is 0 Å². The number of fused-ring (bicyclic) bond motifs is 1. The third-order valence-electron chi connectivity index (χ3n) is 3.55. The minimum atomic E-state index is -0.531. The summed E-state index contributed by atoms with van der Waals surface area (Å²) < 4.78 is 10.2. The summed E-state index contributed by atoms with van der Waals surface area (Å²) in [5.74, 6) is -0.210. The minimum absolute atomic E-state index is 0.294. The first-order valence-corrected chi connectivity index (χ1v) is 7.58. The number of ether oxygens (including phenoxy) is 2. The fraction of sp³-hybridized carbons (Fsp3) is 0.111. The van der Waals surface area contributed by atoms with Gasteiger partial charge in [0.1, 0.15) is 5.75 Å². The largest absolute Gasteiger partial charge is 0.480 e. The van der Waals surface area contributed by atoms with E-state index < -0.39 is 5.97 Å². The highest BCUT2D eigenvalue weighted by Gasteiger charge is 2.17. The van der Waals surface area contributed by atoms with Crippen molar-refractivity contribution in [2.75, 3.05) is 13.7 Å². The molecule has 2 aromatic carbocycles. The molecule has 0 bridgehead atoms. The van der Waals surface area contributed by atoms with Gasteiger partial charge in [0.2, 0.25) is 0 Å². The van der Waals surface area contributed by atoms with E-state index in [4.69, 9.17) is 16.3 Å². The first kappa shape index (κ1) is 16.1. The van der Waals surface area contributed by atoms with E-state index in [2.05, 4.69) is 9.72 Å². The lowest BCUT2D eigenvalue weighted by Crippen LogP contribution is -2.17.